The van der Waals surface area contributed by atoms with Crippen LogP contribution in [0.1, 0.15) is 41.5 Å². The molecule has 1 saturated heterocycles. The van der Waals surface area contributed by atoms with Crippen molar-refractivity contribution < 1.29 is 0 Å². The van der Waals surface area contributed by atoms with Crippen LogP contribution in [0.15, 0.2) is 36.4 Å². The third kappa shape index (κ3) is 5.93. The summed E-state index contributed by atoms with van der Waals surface area (Å²) in [5, 5.41) is 7.77. The molecule has 1 aliphatic rings. The van der Waals surface area contributed by atoms with E-state index in [0.717, 1.165) is 23.4 Å². The molecule has 0 spiro atoms. The molecule has 0 aromatic heterocycles. The van der Waals surface area contributed by atoms with Crippen molar-refractivity contribution in [3.63, 3.8) is 0 Å². The molecule has 0 amide bonds. The summed E-state index contributed by atoms with van der Waals surface area (Å²) < 4.78 is 0. The van der Waals surface area contributed by atoms with Crippen molar-refractivity contribution in [1.29, 1.82) is 0 Å². The van der Waals surface area contributed by atoms with Gasteiger partial charge in [-0.15, -0.1) is 0 Å². The van der Waals surface area contributed by atoms with Crippen LogP contribution in [0, 0.1) is 13.8 Å². The van der Waals surface area contributed by atoms with Gasteiger partial charge in [-0.3, -0.25) is 4.90 Å². The molecule has 144 valence electrons. The van der Waals surface area contributed by atoms with Gasteiger partial charge in [-0.2, -0.15) is 0 Å². The second-order valence-electron chi connectivity index (χ2n) is 7.40. The highest BCUT2D eigenvalue weighted by atomic mass is 35.5. The number of aryl methyl sites for hydroxylation is 2. The fraction of sp³-hybridized carbons (Fsp3) is 0.409. The van der Waals surface area contributed by atoms with Gasteiger partial charge >= 0.3 is 0 Å². The van der Waals surface area contributed by atoms with Crippen molar-refractivity contribution in [2.75, 3.05) is 18.4 Å². The number of anilines is 1. The molecule has 3 nitrogen and oxygen atoms in total. The number of nitrogens with one attached hydrogen (secondary N) is 2. The average Bonchev–Trinajstić information content (AvgIpc) is 2.65. The molecule has 0 atom stereocenters. The molecule has 2 aromatic carbocycles. The van der Waals surface area contributed by atoms with E-state index in [4.69, 9.17) is 23.8 Å². The third-order valence-electron chi connectivity index (χ3n) is 5.00. The fourth-order valence-corrected chi connectivity index (χ4v) is 4.09. The SMILES string of the molecule is Cc1cc(C)c(NC(=S)NCc2ccc(CN3CCCCC3)cc2)c(Cl)c1. The van der Waals surface area contributed by atoms with Crippen LogP contribution in [0.4, 0.5) is 5.69 Å². The van der Waals surface area contributed by atoms with Crippen LogP contribution in [0.25, 0.3) is 0 Å². The zero-order valence-corrected chi connectivity index (χ0v) is 17.7. The first-order chi connectivity index (χ1) is 13.0. The van der Waals surface area contributed by atoms with E-state index in [1.807, 2.05) is 19.9 Å². The Kier molecular flexibility index (Phi) is 7.11. The van der Waals surface area contributed by atoms with Gasteiger partial charge in [0.05, 0.1) is 10.7 Å². The van der Waals surface area contributed by atoms with E-state index < -0.39 is 0 Å². The molecular weight excluding hydrogens is 374 g/mol. The summed E-state index contributed by atoms with van der Waals surface area (Å²) in [5.41, 5.74) is 5.70. The van der Waals surface area contributed by atoms with Gasteiger partial charge in [-0.1, -0.05) is 48.4 Å². The van der Waals surface area contributed by atoms with E-state index in [9.17, 15) is 0 Å². The summed E-state index contributed by atoms with van der Waals surface area (Å²) in [6.45, 7) is 8.27. The minimum absolute atomic E-state index is 0.584. The molecule has 5 heteroatoms. The zero-order valence-electron chi connectivity index (χ0n) is 16.1. The number of hydrogen-bond acceptors (Lipinski definition) is 2. The molecule has 1 aliphatic heterocycles. The highest BCUT2D eigenvalue weighted by Gasteiger charge is 2.10. The predicted octanol–water partition coefficient (Wildman–Crippen LogP) is 5.43. The van der Waals surface area contributed by atoms with Gasteiger partial charge in [0, 0.05) is 13.1 Å². The lowest BCUT2D eigenvalue weighted by Crippen LogP contribution is -2.29. The van der Waals surface area contributed by atoms with Gasteiger partial charge in [0.15, 0.2) is 5.11 Å². The molecule has 27 heavy (non-hydrogen) atoms. The minimum Gasteiger partial charge on any atom is -0.358 e. The highest BCUT2D eigenvalue weighted by molar-refractivity contribution is 7.80. The maximum absolute atomic E-state index is 6.34. The summed E-state index contributed by atoms with van der Waals surface area (Å²) in [5.74, 6) is 0. The van der Waals surface area contributed by atoms with Crippen molar-refractivity contribution in [3.8, 4) is 0 Å². The van der Waals surface area contributed by atoms with E-state index in [-0.39, 0.29) is 0 Å². The summed E-state index contributed by atoms with van der Waals surface area (Å²) in [7, 11) is 0. The Morgan fingerprint density at radius 3 is 2.37 bits per heavy atom. The number of nitrogens with zero attached hydrogens (tertiary/aromatic N) is 1. The molecule has 0 aliphatic carbocycles. The summed E-state index contributed by atoms with van der Waals surface area (Å²) in [4.78, 5) is 2.55. The first-order valence-corrected chi connectivity index (χ1v) is 10.4. The number of piperidine rings is 1. The predicted molar refractivity (Wildman–Crippen MR) is 120 cm³/mol. The number of benzene rings is 2. The average molecular weight is 402 g/mol. The normalized spacial score (nSPS) is 14.8. The highest BCUT2D eigenvalue weighted by Crippen LogP contribution is 2.27. The quantitative estimate of drug-likeness (QED) is 0.653. The largest absolute Gasteiger partial charge is 0.358 e. The molecule has 0 radical (unpaired) electrons. The maximum Gasteiger partial charge on any atom is 0.171 e. The Morgan fingerprint density at radius 2 is 1.70 bits per heavy atom. The van der Waals surface area contributed by atoms with Crippen molar-refractivity contribution in [2.24, 2.45) is 0 Å². The van der Waals surface area contributed by atoms with Crippen LogP contribution in [0.5, 0.6) is 0 Å². The van der Waals surface area contributed by atoms with E-state index in [2.05, 4.69) is 45.9 Å². The smallest absolute Gasteiger partial charge is 0.171 e. The van der Waals surface area contributed by atoms with E-state index in [0.29, 0.717) is 16.7 Å². The summed E-state index contributed by atoms with van der Waals surface area (Å²) in [6.07, 6.45) is 4.04. The summed E-state index contributed by atoms with van der Waals surface area (Å²) in [6, 6.07) is 12.8. The monoisotopic (exact) mass is 401 g/mol. The Morgan fingerprint density at radius 1 is 1.04 bits per heavy atom. The standard InChI is InChI=1S/C22H28ClN3S/c1-16-12-17(2)21(20(23)13-16)25-22(27)24-14-18-6-8-19(9-7-18)15-26-10-4-3-5-11-26/h6-9,12-13H,3-5,10-11,14-15H2,1-2H3,(H2,24,25,27). The molecule has 3 rings (SSSR count). The molecule has 2 aromatic rings. The van der Waals surface area contributed by atoms with Crippen molar-refractivity contribution >= 4 is 34.6 Å². The maximum atomic E-state index is 6.34. The van der Waals surface area contributed by atoms with E-state index in [1.165, 1.54) is 43.5 Å². The van der Waals surface area contributed by atoms with E-state index in [1.54, 1.807) is 0 Å². The van der Waals surface area contributed by atoms with Gasteiger partial charge in [0.1, 0.15) is 0 Å². The number of halogens is 1. The number of thiocarbonyl (C=S) groups is 1. The van der Waals surface area contributed by atoms with Gasteiger partial charge in [0.25, 0.3) is 0 Å². The fourth-order valence-electron chi connectivity index (χ4n) is 3.55. The number of hydrogen-bond donors (Lipinski definition) is 2. The second kappa shape index (κ2) is 9.54. The van der Waals surface area contributed by atoms with Crippen LogP contribution in [-0.4, -0.2) is 23.1 Å². The van der Waals surface area contributed by atoms with Crippen molar-refractivity contribution in [1.82, 2.24) is 10.2 Å². The van der Waals surface area contributed by atoms with Crippen LogP contribution >= 0.6 is 23.8 Å². The van der Waals surface area contributed by atoms with Crippen LogP contribution < -0.4 is 10.6 Å². The molecule has 2 N–H and O–H groups in total. The zero-order chi connectivity index (χ0) is 19.2. The first-order valence-electron chi connectivity index (χ1n) is 9.63. The van der Waals surface area contributed by atoms with Crippen molar-refractivity contribution in [2.45, 2.75) is 46.2 Å². The third-order valence-corrected chi connectivity index (χ3v) is 5.55. The summed E-state index contributed by atoms with van der Waals surface area (Å²) >= 11 is 11.8. The Hall–Kier alpha value is -1.62. The van der Waals surface area contributed by atoms with E-state index >= 15 is 0 Å². The molecule has 0 bridgehead atoms. The van der Waals surface area contributed by atoms with Crippen molar-refractivity contribution in [3.05, 3.63) is 63.7 Å². The lowest BCUT2D eigenvalue weighted by Gasteiger charge is -2.26. The topological polar surface area (TPSA) is 27.3 Å². The number of likely N-dealkylation sites (tertiary alicyclic amines) is 1. The van der Waals surface area contributed by atoms with Crippen LogP contribution in [0.3, 0.4) is 0 Å². The van der Waals surface area contributed by atoms with Gasteiger partial charge in [-0.25, -0.2) is 0 Å². The van der Waals surface area contributed by atoms with Gasteiger partial charge in [-0.05, 0) is 80.3 Å². The molecule has 0 unspecified atom stereocenters. The Labute approximate surface area is 173 Å². The van der Waals surface area contributed by atoms with Crippen LogP contribution in [0.2, 0.25) is 5.02 Å². The van der Waals surface area contributed by atoms with Gasteiger partial charge in [0.2, 0.25) is 0 Å². The van der Waals surface area contributed by atoms with Gasteiger partial charge < -0.3 is 10.6 Å². The lowest BCUT2D eigenvalue weighted by atomic mass is 10.1. The molecule has 0 saturated carbocycles. The molecular formula is C22H28ClN3S. The molecule has 1 fully saturated rings. The first kappa shape index (κ1) is 20.1. The second-order valence-corrected chi connectivity index (χ2v) is 8.22. The molecule has 1 heterocycles. The lowest BCUT2D eigenvalue weighted by molar-refractivity contribution is 0.221. The Bertz CT molecular complexity index is 760. The minimum atomic E-state index is 0.584. The van der Waals surface area contributed by atoms with Crippen LogP contribution in [-0.2, 0) is 13.1 Å². The Balaban J connectivity index is 1.50. The number of rotatable bonds is 5.